The third-order valence-corrected chi connectivity index (χ3v) is 5.61. The number of nitrogens with zero attached hydrogens (tertiary/aromatic N) is 2. The molecule has 2 heterocycles. The summed E-state index contributed by atoms with van der Waals surface area (Å²) >= 11 is 0. The fourth-order valence-electron chi connectivity index (χ4n) is 3.15. The number of hydrogen-bond donors (Lipinski definition) is 1. The van der Waals surface area contributed by atoms with Gasteiger partial charge in [0, 0.05) is 32.8 Å². The molecule has 2 atom stereocenters. The van der Waals surface area contributed by atoms with Crippen LogP contribution in [-0.2, 0) is 14.8 Å². The van der Waals surface area contributed by atoms with Crippen molar-refractivity contribution in [2.45, 2.75) is 25.7 Å². The summed E-state index contributed by atoms with van der Waals surface area (Å²) in [4.78, 5) is 14.3. The van der Waals surface area contributed by atoms with Crippen molar-refractivity contribution in [1.82, 2.24) is 9.21 Å². The number of rotatable bonds is 4. The molecule has 2 aliphatic rings. The molecule has 1 amide bonds. The van der Waals surface area contributed by atoms with Gasteiger partial charge < -0.3 is 10.0 Å². The SMILES string of the molecule is CS(=O)(=O)N1CCCC(C(=O)N2CCC(CCO)C2)C1. The first-order chi connectivity index (χ1) is 9.41. The first-order valence-electron chi connectivity index (χ1n) is 7.26. The molecule has 0 aromatic heterocycles. The second-order valence-corrected chi connectivity index (χ2v) is 7.89. The highest BCUT2D eigenvalue weighted by Crippen LogP contribution is 2.25. The molecule has 0 aliphatic carbocycles. The van der Waals surface area contributed by atoms with Gasteiger partial charge in [-0.25, -0.2) is 12.7 Å². The summed E-state index contributed by atoms with van der Waals surface area (Å²) in [5.74, 6) is 0.267. The number of likely N-dealkylation sites (tertiary alicyclic amines) is 1. The van der Waals surface area contributed by atoms with Crippen molar-refractivity contribution < 1.29 is 18.3 Å². The minimum atomic E-state index is -3.21. The molecule has 2 fully saturated rings. The molecule has 0 bridgehead atoms. The van der Waals surface area contributed by atoms with Gasteiger partial charge in [-0.05, 0) is 31.6 Å². The van der Waals surface area contributed by atoms with Crippen LogP contribution in [0.3, 0.4) is 0 Å². The molecular weight excluding hydrogens is 280 g/mol. The monoisotopic (exact) mass is 304 g/mol. The highest BCUT2D eigenvalue weighted by atomic mass is 32.2. The van der Waals surface area contributed by atoms with E-state index in [2.05, 4.69) is 0 Å². The van der Waals surface area contributed by atoms with Crippen LogP contribution >= 0.6 is 0 Å². The highest BCUT2D eigenvalue weighted by molar-refractivity contribution is 7.88. The van der Waals surface area contributed by atoms with E-state index < -0.39 is 10.0 Å². The summed E-state index contributed by atoms with van der Waals surface area (Å²) in [7, 11) is -3.21. The van der Waals surface area contributed by atoms with Gasteiger partial charge in [0.2, 0.25) is 15.9 Å². The third-order valence-electron chi connectivity index (χ3n) is 4.34. The predicted molar refractivity (Wildman–Crippen MR) is 75.5 cm³/mol. The van der Waals surface area contributed by atoms with Gasteiger partial charge in [-0.15, -0.1) is 0 Å². The zero-order chi connectivity index (χ0) is 14.8. The van der Waals surface area contributed by atoms with Gasteiger partial charge in [0.25, 0.3) is 0 Å². The van der Waals surface area contributed by atoms with Crippen molar-refractivity contribution in [3.05, 3.63) is 0 Å². The molecule has 7 heteroatoms. The average molecular weight is 304 g/mol. The van der Waals surface area contributed by atoms with Crippen molar-refractivity contribution in [2.24, 2.45) is 11.8 Å². The van der Waals surface area contributed by atoms with E-state index in [1.165, 1.54) is 10.6 Å². The quantitative estimate of drug-likeness (QED) is 0.786. The fraction of sp³-hybridized carbons (Fsp3) is 0.923. The Balaban J connectivity index is 1.93. The third kappa shape index (κ3) is 3.71. The van der Waals surface area contributed by atoms with E-state index >= 15 is 0 Å². The maximum absolute atomic E-state index is 12.5. The minimum absolute atomic E-state index is 0.0822. The lowest BCUT2D eigenvalue weighted by Crippen LogP contribution is -2.45. The lowest BCUT2D eigenvalue weighted by atomic mass is 9.98. The van der Waals surface area contributed by atoms with Crippen LogP contribution in [0, 0.1) is 11.8 Å². The molecule has 20 heavy (non-hydrogen) atoms. The number of hydrogen-bond acceptors (Lipinski definition) is 4. The van der Waals surface area contributed by atoms with Gasteiger partial charge in [0.05, 0.1) is 12.2 Å². The van der Waals surface area contributed by atoms with E-state index in [0.29, 0.717) is 25.6 Å². The lowest BCUT2D eigenvalue weighted by molar-refractivity contribution is -0.135. The summed E-state index contributed by atoms with van der Waals surface area (Å²) in [6, 6.07) is 0. The Labute approximate surface area is 120 Å². The van der Waals surface area contributed by atoms with E-state index in [1.54, 1.807) is 0 Å². The maximum atomic E-state index is 12.5. The van der Waals surface area contributed by atoms with Crippen molar-refractivity contribution in [2.75, 3.05) is 39.0 Å². The average Bonchev–Trinajstić information content (AvgIpc) is 2.86. The molecule has 0 spiro atoms. The molecule has 0 radical (unpaired) electrons. The predicted octanol–water partition coefficient (Wildman–Crippen LogP) is -0.111. The zero-order valence-electron chi connectivity index (χ0n) is 12.0. The van der Waals surface area contributed by atoms with Crippen LogP contribution in [0.1, 0.15) is 25.7 Å². The summed E-state index contributed by atoms with van der Waals surface area (Å²) in [5, 5.41) is 8.95. The van der Waals surface area contributed by atoms with Crippen LogP contribution in [0.15, 0.2) is 0 Å². The van der Waals surface area contributed by atoms with E-state index in [0.717, 1.165) is 32.2 Å². The van der Waals surface area contributed by atoms with Crippen LogP contribution in [-0.4, -0.2) is 67.7 Å². The van der Waals surface area contributed by atoms with Crippen molar-refractivity contribution in [1.29, 1.82) is 0 Å². The normalized spacial score (nSPS) is 28.8. The number of aliphatic hydroxyl groups is 1. The highest BCUT2D eigenvalue weighted by Gasteiger charge is 2.35. The number of carbonyl (C=O) groups is 1. The van der Waals surface area contributed by atoms with E-state index in [-0.39, 0.29) is 18.4 Å². The van der Waals surface area contributed by atoms with Gasteiger partial charge in [0.15, 0.2) is 0 Å². The molecule has 1 N–H and O–H groups in total. The van der Waals surface area contributed by atoms with Crippen LogP contribution in [0.5, 0.6) is 0 Å². The fourth-order valence-corrected chi connectivity index (χ4v) is 4.07. The Hall–Kier alpha value is -0.660. The second kappa shape index (κ2) is 6.41. The van der Waals surface area contributed by atoms with Gasteiger partial charge in [0.1, 0.15) is 0 Å². The minimum Gasteiger partial charge on any atom is -0.396 e. The Morgan fingerprint density at radius 1 is 1.25 bits per heavy atom. The molecule has 0 saturated carbocycles. The number of carbonyl (C=O) groups excluding carboxylic acids is 1. The van der Waals surface area contributed by atoms with Gasteiger partial charge in [-0.1, -0.05) is 0 Å². The molecule has 2 rings (SSSR count). The smallest absolute Gasteiger partial charge is 0.227 e. The molecular formula is C13H24N2O4S. The Bertz CT molecular complexity index is 451. The molecule has 0 aromatic rings. The lowest BCUT2D eigenvalue weighted by Gasteiger charge is -2.32. The summed E-state index contributed by atoms with van der Waals surface area (Å²) < 4.78 is 24.6. The number of sulfonamides is 1. The summed E-state index contributed by atoms with van der Waals surface area (Å²) in [5.41, 5.74) is 0. The van der Waals surface area contributed by atoms with Crippen molar-refractivity contribution >= 4 is 15.9 Å². The zero-order valence-corrected chi connectivity index (χ0v) is 12.8. The number of piperidine rings is 1. The Morgan fingerprint density at radius 2 is 2.00 bits per heavy atom. The van der Waals surface area contributed by atoms with Gasteiger partial charge in [-0.3, -0.25) is 4.79 Å². The van der Waals surface area contributed by atoms with E-state index in [4.69, 9.17) is 5.11 Å². The molecule has 116 valence electrons. The van der Waals surface area contributed by atoms with Crippen LogP contribution in [0.25, 0.3) is 0 Å². The molecule has 2 saturated heterocycles. The topological polar surface area (TPSA) is 77.9 Å². The second-order valence-electron chi connectivity index (χ2n) is 5.91. The molecule has 6 nitrogen and oxygen atoms in total. The largest absolute Gasteiger partial charge is 0.396 e. The first-order valence-corrected chi connectivity index (χ1v) is 9.11. The van der Waals surface area contributed by atoms with Gasteiger partial charge in [-0.2, -0.15) is 0 Å². The van der Waals surface area contributed by atoms with E-state index in [9.17, 15) is 13.2 Å². The number of amides is 1. The molecule has 2 unspecified atom stereocenters. The Morgan fingerprint density at radius 3 is 2.65 bits per heavy atom. The molecule has 2 aliphatic heterocycles. The van der Waals surface area contributed by atoms with Crippen LogP contribution in [0.2, 0.25) is 0 Å². The van der Waals surface area contributed by atoms with Crippen molar-refractivity contribution in [3.8, 4) is 0 Å². The molecule has 0 aromatic carbocycles. The van der Waals surface area contributed by atoms with Gasteiger partial charge >= 0.3 is 0 Å². The Kier molecular flexibility index (Phi) is 5.04. The van der Waals surface area contributed by atoms with Crippen LogP contribution < -0.4 is 0 Å². The van der Waals surface area contributed by atoms with Crippen molar-refractivity contribution in [3.63, 3.8) is 0 Å². The van der Waals surface area contributed by atoms with E-state index in [1.807, 2.05) is 4.90 Å². The summed E-state index contributed by atoms with van der Waals surface area (Å²) in [6.07, 6.45) is 4.40. The standard InChI is InChI=1S/C13H24N2O4S/c1-20(18,19)15-6-2-3-12(10-15)13(17)14-7-4-11(9-14)5-8-16/h11-12,16H,2-10H2,1H3. The maximum Gasteiger partial charge on any atom is 0.227 e. The summed E-state index contributed by atoms with van der Waals surface area (Å²) in [6.45, 7) is 2.44. The number of aliphatic hydroxyl groups excluding tert-OH is 1. The van der Waals surface area contributed by atoms with Crippen LogP contribution in [0.4, 0.5) is 0 Å². The first kappa shape index (κ1) is 15.7.